The number of ether oxygens (including phenoxy) is 2. The summed E-state index contributed by atoms with van der Waals surface area (Å²) < 4.78 is 11.6. The van der Waals surface area contributed by atoms with Gasteiger partial charge in [-0.25, -0.2) is 0 Å². The van der Waals surface area contributed by atoms with E-state index in [0.717, 1.165) is 16.5 Å². The van der Waals surface area contributed by atoms with Crippen LogP contribution in [0.4, 0.5) is 0 Å². The zero-order chi connectivity index (χ0) is 12.4. The fourth-order valence-corrected chi connectivity index (χ4v) is 2.46. The van der Waals surface area contributed by atoms with Gasteiger partial charge in [0.1, 0.15) is 0 Å². The third kappa shape index (κ3) is 2.17. The molecule has 0 fully saturated rings. The molecule has 0 aliphatic carbocycles. The third-order valence-corrected chi connectivity index (χ3v) is 3.28. The first-order valence-electron chi connectivity index (χ1n) is 5.47. The van der Waals surface area contributed by atoms with E-state index in [1.165, 1.54) is 0 Å². The van der Waals surface area contributed by atoms with Crippen LogP contribution < -0.4 is 14.8 Å². The standard InChI is InChI=1S/C12H14BrNO3/c1-3-7-8(10(15)5-14-2)4-9(13)12-11(7)16-6-17-12/h4,14H,3,5-6H2,1-2H3. The second kappa shape index (κ2) is 5.06. The second-order valence-electron chi connectivity index (χ2n) is 3.76. The Kier molecular flexibility index (Phi) is 3.69. The summed E-state index contributed by atoms with van der Waals surface area (Å²) in [6.45, 7) is 2.53. The predicted octanol–water partition coefficient (Wildman–Crippen LogP) is 2.14. The normalized spacial score (nSPS) is 12.9. The van der Waals surface area contributed by atoms with Gasteiger partial charge in [-0.05, 0) is 35.5 Å². The largest absolute Gasteiger partial charge is 0.453 e. The number of halogens is 1. The van der Waals surface area contributed by atoms with Crippen molar-refractivity contribution >= 4 is 21.7 Å². The molecule has 0 spiro atoms. The Balaban J connectivity index is 2.52. The smallest absolute Gasteiger partial charge is 0.231 e. The van der Waals surface area contributed by atoms with Gasteiger partial charge < -0.3 is 14.8 Å². The van der Waals surface area contributed by atoms with Crippen molar-refractivity contribution in [2.45, 2.75) is 13.3 Å². The number of carbonyl (C=O) groups excluding carboxylic acids is 1. The van der Waals surface area contributed by atoms with E-state index >= 15 is 0 Å². The first kappa shape index (κ1) is 12.4. The van der Waals surface area contributed by atoms with Crippen molar-refractivity contribution < 1.29 is 14.3 Å². The predicted molar refractivity (Wildman–Crippen MR) is 67.9 cm³/mol. The van der Waals surface area contributed by atoms with Crippen LogP contribution in [-0.4, -0.2) is 26.2 Å². The van der Waals surface area contributed by atoms with E-state index < -0.39 is 0 Å². The molecule has 5 heteroatoms. The number of hydrogen-bond acceptors (Lipinski definition) is 4. The molecule has 1 aliphatic heterocycles. The molecule has 2 rings (SSSR count). The highest BCUT2D eigenvalue weighted by molar-refractivity contribution is 9.10. The molecule has 0 saturated carbocycles. The molecule has 0 radical (unpaired) electrons. The number of benzene rings is 1. The number of hydrogen-bond donors (Lipinski definition) is 1. The molecule has 1 aromatic rings. The number of carbonyl (C=O) groups is 1. The van der Waals surface area contributed by atoms with E-state index in [1.807, 2.05) is 13.0 Å². The Hall–Kier alpha value is -1.07. The third-order valence-electron chi connectivity index (χ3n) is 2.69. The molecule has 0 bridgehead atoms. The molecule has 1 aliphatic rings. The number of likely N-dealkylation sites (N-methyl/N-ethyl adjacent to an activating group) is 1. The van der Waals surface area contributed by atoms with Gasteiger partial charge in [-0.2, -0.15) is 0 Å². The Labute approximate surface area is 108 Å². The van der Waals surface area contributed by atoms with Crippen LogP contribution in [0.5, 0.6) is 11.5 Å². The van der Waals surface area contributed by atoms with Crippen LogP contribution in [0.25, 0.3) is 0 Å². The summed E-state index contributed by atoms with van der Waals surface area (Å²) in [4.78, 5) is 12.0. The minimum atomic E-state index is 0.0587. The minimum absolute atomic E-state index is 0.0587. The summed E-state index contributed by atoms with van der Waals surface area (Å²) in [6.07, 6.45) is 0.740. The lowest BCUT2D eigenvalue weighted by molar-refractivity contribution is 0.0992. The van der Waals surface area contributed by atoms with Gasteiger partial charge in [0.05, 0.1) is 11.0 Å². The summed E-state index contributed by atoms with van der Waals surface area (Å²) in [5.41, 5.74) is 1.61. The van der Waals surface area contributed by atoms with Crippen molar-refractivity contribution in [3.8, 4) is 11.5 Å². The zero-order valence-electron chi connectivity index (χ0n) is 9.80. The summed E-state index contributed by atoms with van der Waals surface area (Å²) in [5.74, 6) is 1.45. The molecule has 1 aromatic carbocycles. The first-order chi connectivity index (χ1) is 8.19. The number of fused-ring (bicyclic) bond motifs is 1. The van der Waals surface area contributed by atoms with Crippen LogP contribution in [-0.2, 0) is 6.42 Å². The molecule has 92 valence electrons. The van der Waals surface area contributed by atoms with E-state index in [4.69, 9.17) is 9.47 Å². The Morgan fingerprint density at radius 1 is 1.47 bits per heavy atom. The zero-order valence-corrected chi connectivity index (χ0v) is 11.4. The summed E-state index contributed by atoms with van der Waals surface area (Å²) in [7, 11) is 1.76. The van der Waals surface area contributed by atoms with Crippen molar-refractivity contribution in [1.82, 2.24) is 5.32 Å². The lowest BCUT2D eigenvalue weighted by Gasteiger charge is -2.11. The number of Topliss-reactive ketones (excluding diaryl/α,β-unsaturated/α-hetero) is 1. The van der Waals surface area contributed by atoms with Crippen molar-refractivity contribution in [1.29, 1.82) is 0 Å². The van der Waals surface area contributed by atoms with Gasteiger partial charge in [0, 0.05) is 11.1 Å². The molecule has 1 N–H and O–H groups in total. The quantitative estimate of drug-likeness (QED) is 0.866. The number of rotatable bonds is 4. The van der Waals surface area contributed by atoms with Gasteiger partial charge in [-0.15, -0.1) is 0 Å². The van der Waals surface area contributed by atoms with E-state index in [9.17, 15) is 4.79 Å². The molecule has 0 aromatic heterocycles. The highest BCUT2D eigenvalue weighted by atomic mass is 79.9. The van der Waals surface area contributed by atoms with Crippen LogP contribution in [0.2, 0.25) is 0 Å². The lowest BCUT2D eigenvalue weighted by atomic mass is 10.00. The molecule has 4 nitrogen and oxygen atoms in total. The van der Waals surface area contributed by atoms with Gasteiger partial charge in [0.25, 0.3) is 0 Å². The number of ketones is 1. The maximum atomic E-state index is 12.0. The van der Waals surface area contributed by atoms with Gasteiger partial charge in [-0.3, -0.25) is 4.79 Å². The average Bonchev–Trinajstić information content (AvgIpc) is 2.78. The highest BCUT2D eigenvalue weighted by Gasteiger charge is 2.25. The Bertz CT molecular complexity index is 460. The molecule has 0 amide bonds. The van der Waals surface area contributed by atoms with Crippen LogP contribution in [0.15, 0.2) is 10.5 Å². The van der Waals surface area contributed by atoms with E-state index in [1.54, 1.807) is 7.05 Å². The fraction of sp³-hybridized carbons (Fsp3) is 0.417. The molecule has 17 heavy (non-hydrogen) atoms. The summed E-state index contributed by atoms with van der Waals surface area (Å²) >= 11 is 3.40. The highest BCUT2D eigenvalue weighted by Crippen LogP contribution is 2.43. The first-order valence-corrected chi connectivity index (χ1v) is 6.27. The van der Waals surface area contributed by atoms with E-state index in [-0.39, 0.29) is 12.6 Å². The molecular formula is C12H14BrNO3. The van der Waals surface area contributed by atoms with Crippen LogP contribution in [0.3, 0.4) is 0 Å². The van der Waals surface area contributed by atoms with Crippen molar-refractivity contribution in [3.63, 3.8) is 0 Å². The van der Waals surface area contributed by atoms with Gasteiger partial charge >= 0.3 is 0 Å². The Morgan fingerprint density at radius 2 is 2.18 bits per heavy atom. The summed E-state index contributed by atoms with van der Waals surface area (Å²) in [5, 5.41) is 2.87. The van der Waals surface area contributed by atoms with Crippen LogP contribution in [0.1, 0.15) is 22.8 Å². The monoisotopic (exact) mass is 299 g/mol. The molecular weight excluding hydrogens is 286 g/mol. The van der Waals surface area contributed by atoms with Crippen LogP contribution in [0, 0.1) is 0 Å². The summed E-state index contributed by atoms with van der Waals surface area (Å²) in [6, 6.07) is 1.81. The molecule has 0 saturated heterocycles. The minimum Gasteiger partial charge on any atom is -0.453 e. The van der Waals surface area contributed by atoms with Gasteiger partial charge in [0.2, 0.25) is 6.79 Å². The maximum absolute atomic E-state index is 12.0. The van der Waals surface area contributed by atoms with Gasteiger partial charge in [0.15, 0.2) is 17.3 Å². The van der Waals surface area contributed by atoms with Crippen LogP contribution >= 0.6 is 15.9 Å². The second-order valence-corrected chi connectivity index (χ2v) is 4.61. The van der Waals surface area contributed by atoms with E-state index in [0.29, 0.717) is 23.6 Å². The van der Waals surface area contributed by atoms with Crippen molar-refractivity contribution in [2.75, 3.05) is 20.4 Å². The maximum Gasteiger partial charge on any atom is 0.231 e. The molecule has 0 atom stereocenters. The molecule has 0 unspecified atom stereocenters. The average molecular weight is 300 g/mol. The Morgan fingerprint density at radius 3 is 2.82 bits per heavy atom. The van der Waals surface area contributed by atoms with Gasteiger partial charge in [-0.1, -0.05) is 6.92 Å². The van der Waals surface area contributed by atoms with Crippen molar-refractivity contribution in [3.05, 3.63) is 21.7 Å². The lowest BCUT2D eigenvalue weighted by Crippen LogP contribution is -2.20. The van der Waals surface area contributed by atoms with E-state index in [2.05, 4.69) is 21.2 Å². The number of nitrogens with one attached hydrogen (secondary N) is 1. The van der Waals surface area contributed by atoms with Crippen molar-refractivity contribution in [2.24, 2.45) is 0 Å². The molecule has 1 heterocycles. The fourth-order valence-electron chi connectivity index (χ4n) is 1.94. The topological polar surface area (TPSA) is 47.6 Å². The SMILES string of the molecule is CCc1c(C(=O)CNC)cc(Br)c2c1OCO2.